The van der Waals surface area contributed by atoms with E-state index in [1.807, 2.05) is 6.07 Å². The number of nitrogens with one attached hydrogen (secondary N) is 1. The summed E-state index contributed by atoms with van der Waals surface area (Å²) in [6.45, 7) is 6.44. The van der Waals surface area contributed by atoms with E-state index in [1.165, 1.54) is 17.7 Å². The van der Waals surface area contributed by atoms with E-state index in [9.17, 15) is 0 Å². The topological polar surface area (TPSA) is 21.3 Å². The molecule has 1 aromatic heterocycles. The molecule has 1 aliphatic rings. The molecule has 2 nitrogen and oxygen atoms in total. The van der Waals surface area contributed by atoms with E-state index in [2.05, 4.69) is 25.2 Å². The van der Waals surface area contributed by atoms with Crippen LogP contribution in [0.2, 0.25) is 4.34 Å². The van der Waals surface area contributed by atoms with Gasteiger partial charge in [0.1, 0.15) is 0 Å². The fraction of sp³-hybridized carbons (Fsp3) is 0.733. The minimum Gasteiger partial charge on any atom is -0.378 e. The molecule has 3 unspecified atom stereocenters. The predicted molar refractivity (Wildman–Crippen MR) is 83.3 cm³/mol. The van der Waals surface area contributed by atoms with Crippen molar-refractivity contribution in [2.75, 3.05) is 13.2 Å². The lowest BCUT2D eigenvalue weighted by Crippen LogP contribution is -2.41. The van der Waals surface area contributed by atoms with Crippen LogP contribution in [0.25, 0.3) is 0 Å². The van der Waals surface area contributed by atoms with Crippen molar-refractivity contribution in [1.82, 2.24) is 5.32 Å². The summed E-state index contributed by atoms with van der Waals surface area (Å²) in [5.41, 5.74) is 0. The third-order valence-corrected chi connectivity index (χ3v) is 5.14. The Hall–Kier alpha value is -0.0900. The first-order chi connectivity index (χ1) is 9.24. The van der Waals surface area contributed by atoms with Crippen LogP contribution in [0.1, 0.15) is 38.0 Å². The summed E-state index contributed by atoms with van der Waals surface area (Å²) in [5, 5.41) is 3.72. The van der Waals surface area contributed by atoms with Crippen molar-refractivity contribution in [3.63, 3.8) is 0 Å². The Morgan fingerprint density at radius 3 is 2.95 bits per heavy atom. The SMILES string of the molecule is CCCNC(Cc1ccc(Cl)s1)C1CCOC1CC. The van der Waals surface area contributed by atoms with Crippen molar-refractivity contribution < 1.29 is 4.74 Å². The second kappa shape index (κ2) is 7.63. The van der Waals surface area contributed by atoms with Gasteiger partial charge in [-0.25, -0.2) is 0 Å². The van der Waals surface area contributed by atoms with Crippen LogP contribution in [0, 0.1) is 5.92 Å². The molecule has 0 aromatic carbocycles. The van der Waals surface area contributed by atoms with E-state index in [0.29, 0.717) is 18.1 Å². The number of rotatable bonds is 7. The molecule has 1 aromatic rings. The second-order valence-corrected chi connectivity index (χ2v) is 7.04. The molecule has 0 radical (unpaired) electrons. The Bertz CT molecular complexity index is 382. The smallest absolute Gasteiger partial charge is 0.0931 e. The number of halogens is 1. The van der Waals surface area contributed by atoms with E-state index in [-0.39, 0.29) is 0 Å². The van der Waals surface area contributed by atoms with Gasteiger partial charge in [-0.05, 0) is 44.4 Å². The van der Waals surface area contributed by atoms with Crippen LogP contribution in [0.15, 0.2) is 12.1 Å². The van der Waals surface area contributed by atoms with E-state index >= 15 is 0 Å². The number of thiophene rings is 1. The van der Waals surface area contributed by atoms with Crippen LogP contribution in [0.4, 0.5) is 0 Å². The maximum atomic E-state index is 6.04. The minimum atomic E-state index is 0.421. The summed E-state index contributed by atoms with van der Waals surface area (Å²) in [4.78, 5) is 1.38. The van der Waals surface area contributed by atoms with Gasteiger partial charge in [0.05, 0.1) is 10.4 Å². The first-order valence-electron chi connectivity index (χ1n) is 7.33. The average Bonchev–Trinajstić information content (AvgIpc) is 3.03. The van der Waals surface area contributed by atoms with Crippen LogP contribution in [0.5, 0.6) is 0 Å². The molecule has 1 fully saturated rings. The quantitative estimate of drug-likeness (QED) is 0.818. The Morgan fingerprint density at radius 1 is 1.47 bits per heavy atom. The minimum absolute atomic E-state index is 0.421. The molecule has 1 saturated heterocycles. The Kier molecular flexibility index (Phi) is 6.14. The van der Waals surface area contributed by atoms with Gasteiger partial charge < -0.3 is 10.1 Å². The molecule has 0 bridgehead atoms. The van der Waals surface area contributed by atoms with E-state index < -0.39 is 0 Å². The monoisotopic (exact) mass is 301 g/mol. The highest BCUT2D eigenvalue weighted by Gasteiger charge is 2.33. The van der Waals surface area contributed by atoms with Gasteiger partial charge >= 0.3 is 0 Å². The fourth-order valence-electron chi connectivity index (χ4n) is 2.93. The van der Waals surface area contributed by atoms with E-state index in [1.54, 1.807) is 11.3 Å². The zero-order chi connectivity index (χ0) is 13.7. The van der Waals surface area contributed by atoms with E-state index in [4.69, 9.17) is 16.3 Å². The molecule has 3 atom stereocenters. The third-order valence-electron chi connectivity index (χ3n) is 3.89. The lowest BCUT2D eigenvalue weighted by atomic mass is 9.88. The summed E-state index contributed by atoms with van der Waals surface area (Å²) in [6.07, 6.45) is 4.96. The van der Waals surface area contributed by atoms with Crippen molar-refractivity contribution in [2.45, 2.75) is 51.7 Å². The highest BCUT2D eigenvalue weighted by Crippen LogP contribution is 2.30. The molecule has 19 heavy (non-hydrogen) atoms. The molecule has 1 N–H and O–H groups in total. The zero-order valence-corrected chi connectivity index (χ0v) is 13.4. The molecule has 0 aliphatic carbocycles. The summed E-state index contributed by atoms with van der Waals surface area (Å²) < 4.78 is 6.74. The Balaban J connectivity index is 2.02. The van der Waals surface area contributed by atoms with Crippen LogP contribution in [-0.2, 0) is 11.2 Å². The second-order valence-electron chi connectivity index (χ2n) is 5.24. The molecule has 4 heteroatoms. The largest absolute Gasteiger partial charge is 0.378 e. The summed E-state index contributed by atoms with van der Waals surface area (Å²) >= 11 is 7.74. The molecular weight excluding hydrogens is 278 g/mol. The molecule has 0 saturated carbocycles. The lowest BCUT2D eigenvalue weighted by molar-refractivity contribution is 0.0775. The number of hydrogen-bond donors (Lipinski definition) is 1. The van der Waals surface area contributed by atoms with E-state index in [0.717, 1.165) is 30.3 Å². The Morgan fingerprint density at radius 2 is 2.32 bits per heavy atom. The molecular formula is C15H24ClNOS. The van der Waals surface area contributed by atoms with Gasteiger partial charge in [0, 0.05) is 23.4 Å². The van der Waals surface area contributed by atoms with Crippen molar-refractivity contribution in [2.24, 2.45) is 5.92 Å². The van der Waals surface area contributed by atoms with Gasteiger partial charge in [-0.2, -0.15) is 0 Å². The third kappa shape index (κ3) is 4.19. The summed E-state index contributed by atoms with van der Waals surface area (Å²) in [5.74, 6) is 0.637. The van der Waals surface area contributed by atoms with Gasteiger partial charge in [-0.1, -0.05) is 25.4 Å². The van der Waals surface area contributed by atoms with Gasteiger partial charge in [0.25, 0.3) is 0 Å². The molecule has 0 amide bonds. The van der Waals surface area contributed by atoms with Gasteiger partial charge in [0.15, 0.2) is 0 Å². The van der Waals surface area contributed by atoms with Crippen LogP contribution >= 0.6 is 22.9 Å². The van der Waals surface area contributed by atoms with Crippen LogP contribution < -0.4 is 5.32 Å². The normalized spacial score (nSPS) is 24.8. The lowest BCUT2D eigenvalue weighted by Gasteiger charge is -2.28. The Labute approximate surface area is 125 Å². The van der Waals surface area contributed by atoms with Gasteiger partial charge in [-0.15, -0.1) is 11.3 Å². The number of ether oxygens (including phenoxy) is 1. The fourth-order valence-corrected chi connectivity index (χ4v) is 4.07. The number of hydrogen-bond acceptors (Lipinski definition) is 3. The molecule has 2 heterocycles. The van der Waals surface area contributed by atoms with Gasteiger partial charge in [0.2, 0.25) is 0 Å². The van der Waals surface area contributed by atoms with Crippen LogP contribution in [0.3, 0.4) is 0 Å². The van der Waals surface area contributed by atoms with Gasteiger partial charge in [-0.3, -0.25) is 0 Å². The highest BCUT2D eigenvalue weighted by molar-refractivity contribution is 7.16. The summed E-state index contributed by atoms with van der Waals surface area (Å²) in [6, 6.07) is 4.67. The highest BCUT2D eigenvalue weighted by atomic mass is 35.5. The molecule has 0 spiro atoms. The maximum absolute atomic E-state index is 6.04. The first kappa shape index (κ1) is 15.3. The predicted octanol–water partition coefficient (Wildman–Crippen LogP) is 4.13. The average molecular weight is 302 g/mol. The van der Waals surface area contributed by atoms with Crippen molar-refractivity contribution >= 4 is 22.9 Å². The van der Waals surface area contributed by atoms with Crippen molar-refractivity contribution in [1.29, 1.82) is 0 Å². The maximum Gasteiger partial charge on any atom is 0.0931 e. The molecule has 1 aliphatic heterocycles. The standard InChI is InChI=1S/C15H24ClNOS/c1-3-8-17-13(10-11-5-6-15(16)19-11)12-7-9-18-14(12)4-2/h5-6,12-14,17H,3-4,7-10H2,1-2H3. The first-order valence-corrected chi connectivity index (χ1v) is 8.53. The van der Waals surface area contributed by atoms with Crippen LogP contribution in [-0.4, -0.2) is 25.3 Å². The zero-order valence-electron chi connectivity index (χ0n) is 11.8. The molecule has 108 valence electrons. The molecule has 2 rings (SSSR count). The van der Waals surface area contributed by atoms with Crippen molar-refractivity contribution in [3.8, 4) is 0 Å². The summed E-state index contributed by atoms with van der Waals surface area (Å²) in [7, 11) is 0. The van der Waals surface area contributed by atoms with Crippen molar-refractivity contribution in [3.05, 3.63) is 21.3 Å².